The summed E-state index contributed by atoms with van der Waals surface area (Å²) in [5, 5.41) is 21.1. The second kappa shape index (κ2) is 5.90. The number of nitro groups is 1. The van der Waals surface area contributed by atoms with Gasteiger partial charge in [0.15, 0.2) is 0 Å². The molecule has 0 saturated heterocycles. The molecule has 20 heavy (non-hydrogen) atoms. The zero-order chi connectivity index (χ0) is 14.7. The van der Waals surface area contributed by atoms with Crippen LogP contribution in [-0.2, 0) is 0 Å². The average molecular weight is 294 g/mol. The second-order valence-corrected chi connectivity index (χ2v) is 4.65. The zero-order valence-corrected chi connectivity index (χ0v) is 11.4. The van der Waals surface area contributed by atoms with Crippen molar-refractivity contribution in [3.05, 3.63) is 63.2 Å². The van der Waals surface area contributed by atoms with E-state index in [0.717, 1.165) is 0 Å². The fourth-order valence-electron chi connectivity index (χ4n) is 1.65. The Morgan fingerprint density at radius 1 is 1.25 bits per heavy atom. The fourth-order valence-corrected chi connectivity index (χ4v) is 1.78. The Kier molecular flexibility index (Phi) is 4.22. The number of nitro benzene ring substituents is 1. The van der Waals surface area contributed by atoms with Gasteiger partial charge in [-0.25, -0.2) is 0 Å². The molecule has 0 spiro atoms. The van der Waals surface area contributed by atoms with Crippen LogP contribution in [0.5, 0.6) is 11.5 Å². The molecule has 0 fully saturated rings. The maximum Gasteiger partial charge on any atom is 0.311 e. The largest absolute Gasteiger partial charge is 0.450 e. The summed E-state index contributed by atoms with van der Waals surface area (Å²) in [5.41, 5.74) is 0.263. The van der Waals surface area contributed by atoms with E-state index in [0.29, 0.717) is 16.3 Å². The van der Waals surface area contributed by atoms with Crippen molar-refractivity contribution >= 4 is 17.3 Å². The van der Waals surface area contributed by atoms with E-state index in [4.69, 9.17) is 16.3 Å². The number of nitrogens with zero attached hydrogens (tertiary/aromatic N) is 1. The van der Waals surface area contributed by atoms with Crippen molar-refractivity contribution in [1.29, 1.82) is 0 Å². The molecule has 2 aromatic carbocycles. The molecule has 6 heteroatoms. The van der Waals surface area contributed by atoms with Crippen LogP contribution in [0.25, 0.3) is 0 Å². The van der Waals surface area contributed by atoms with E-state index in [9.17, 15) is 15.2 Å². The van der Waals surface area contributed by atoms with Crippen molar-refractivity contribution < 1.29 is 14.8 Å². The molecule has 0 amide bonds. The molecule has 1 atom stereocenters. The molecule has 0 bridgehead atoms. The number of hydrogen-bond acceptors (Lipinski definition) is 4. The molecule has 0 radical (unpaired) electrons. The number of hydrogen-bond donors (Lipinski definition) is 1. The van der Waals surface area contributed by atoms with Crippen LogP contribution in [0.15, 0.2) is 42.5 Å². The summed E-state index contributed by atoms with van der Waals surface area (Å²) < 4.78 is 5.48. The molecule has 1 N–H and O–H groups in total. The lowest BCUT2D eigenvalue weighted by Crippen LogP contribution is -1.97. The standard InChI is InChI=1S/C14H12ClNO4/c1-9(17)10-2-7-14(13(8-10)16(18)19)20-12-5-3-11(15)4-6-12/h2-9,17H,1H3/t9-/m0/s1. The minimum Gasteiger partial charge on any atom is -0.450 e. The summed E-state index contributed by atoms with van der Waals surface area (Å²) in [6, 6.07) is 10.9. The smallest absolute Gasteiger partial charge is 0.311 e. The number of benzene rings is 2. The fraction of sp³-hybridized carbons (Fsp3) is 0.143. The van der Waals surface area contributed by atoms with Gasteiger partial charge in [-0.3, -0.25) is 10.1 Å². The molecule has 0 unspecified atom stereocenters. The van der Waals surface area contributed by atoms with E-state index >= 15 is 0 Å². The summed E-state index contributed by atoms with van der Waals surface area (Å²) in [6.07, 6.45) is -0.779. The predicted octanol–water partition coefficient (Wildman–Crippen LogP) is 4.09. The van der Waals surface area contributed by atoms with E-state index in [1.54, 1.807) is 37.3 Å². The SMILES string of the molecule is C[C@H](O)c1ccc(Oc2ccc(Cl)cc2)c([N+](=O)[O-])c1. The van der Waals surface area contributed by atoms with Crippen molar-refractivity contribution in [2.45, 2.75) is 13.0 Å². The van der Waals surface area contributed by atoms with Crippen LogP contribution in [0.2, 0.25) is 5.02 Å². The highest BCUT2D eigenvalue weighted by Gasteiger charge is 2.18. The van der Waals surface area contributed by atoms with Crippen LogP contribution in [0, 0.1) is 10.1 Å². The van der Waals surface area contributed by atoms with Crippen LogP contribution in [0.1, 0.15) is 18.6 Å². The molecule has 0 aliphatic rings. The lowest BCUT2D eigenvalue weighted by molar-refractivity contribution is -0.385. The number of ether oxygens (including phenoxy) is 1. The first-order valence-electron chi connectivity index (χ1n) is 5.87. The first kappa shape index (κ1) is 14.3. The van der Waals surface area contributed by atoms with E-state index in [2.05, 4.69) is 0 Å². The number of aliphatic hydroxyl groups is 1. The van der Waals surface area contributed by atoms with Crippen molar-refractivity contribution in [3.8, 4) is 11.5 Å². The topological polar surface area (TPSA) is 72.6 Å². The molecule has 0 heterocycles. The third kappa shape index (κ3) is 3.26. The zero-order valence-electron chi connectivity index (χ0n) is 10.6. The van der Waals surface area contributed by atoms with Gasteiger partial charge in [0, 0.05) is 11.1 Å². The Morgan fingerprint density at radius 3 is 2.45 bits per heavy atom. The van der Waals surface area contributed by atoms with Crippen LogP contribution in [-0.4, -0.2) is 10.0 Å². The van der Waals surface area contributed by atoms with Crippen molar-refractivity contribution in [2.24, 2.45) is 0 Å². The van der Waals surface area contributed by atoms with E-state index in [1.807, 2.05) is 0 Å². The molecule has 2 aromatic rings. The molecule has 0 saturated carbocycles. The Balaban J connectivity index is 2.35. The summed E-state index contributed by atoms with van der Waals surface area (Å²) >= 11 is 5.76. The van der Waals surface area contributed by atoms with Gasteiger partial charge < -0.3 is 9.84 Å². The second-order valence-electron chi connectivity index (χ2n) is 4.22. The van der Waals surface area contributed by atoms with E-state index in [-0.39, 0.29) is 11.4 Å². The molecule has 0 aromatic heterocycles. The highest BCUT2D eigenvalue weighted by Crippen LogP contribution is 2.33. The van der Waals surface area contributed by atoms with Crippen LogP contribution >= 0.6 is 11.6 Å². The lowest BCUT2D eigenvalue weighted by Gasteiger charge is -2.09. The summed E-state index contributed by atoms with van der Waals surface area (Å²) in [5.74, 6) is 0.559. The van der Waals surface area contributed by atoms with Gasteiger partial charge in [0.1, 0.15) is 5.75 Å². The summed E-state index contributed by atoms with van der Waals surface area (Å²) in [4.78, 5) is 10.5. The first-order chi connectivity index (χ1) is 9.47. The Bertz CT molecular complexity index is 626. The van der Waals surface area contributed by atoms with Gasteiger partial charge in [0.05, 0.1) is 11.0 Å². The van der Waals surface area contributed by atoms with Crippen LogP contribution in [0.4, 0.5) is 5.69 Å². The van der Waals surface area contributed by atoms with Gasteiger partial charge in [-0.05, 0) is 42.8 Å². The molecular formula is C14H12ClNO4. The van der Waals surface area contributed by atoms with Crippen LogP contribution in [0.3, 0.4) is 0 Å². The quantitative estimate of drug-likeness (QED) is 0.680. The number of aliphatic hydroxyl groups excluding tert-OH is 1. The van der Waals surface area contributed by atoms with E-state index in [1.165, 1.54) is 12.1 Å². The third-order valence-corrected chi connectivity index (χ3v) is 2.96. The monoisotopic (exact) mass is 293 g/mol. The van der Waals surface area contributed by atoms with Crippen molar-refractivity contribution in [3.63, 3.8) is 0 Å². The molecule has 0 aliphatic heterocycles. The highest BCUT2D eigenvalue weighted by molar-refractivity contribution is 6.30. The minimum absolute atomic E-state index is 0.113. The third-order valence-electron chi connectivity index (χ3n) is 2.70. The minimum atomic E-state index is -0.779. The van der Waals surface area contributed by atoms with Crippen molar-refractivity contribution in [2.75, 3.05) is 0 Å². The average Bonchev–Trinajstić information content (AvgIpc) is 2.41. The number of rotatable bonds is 4. The lowest BCUT2D eigenvalue weighted by atomic mass is 10.1. The van der Waals surface area contributed by atoms with Gasteiger partial charge in [0.25, 0.3) is 0 Å². The Hall–Kier alpha value is -2.11. The van der Waals surface area contributed by atoms with Gasteiger partial charge in [-0.15, -0.1) is 0 Å². The maximum absolute atomic E-state index is 11.1. The molecule has 5 nitrogen and oxygen atoms in total. The summed E-state index contributed by atoms with van der Waals surface area (Å²) in [6.45, 7) is 1.54. The van der Waals surface area contributed by atoms with Gasteiger partial charge >= 0.3 is 5.69 Å². The van der Waals surface area contributed by atoms with Crippen LogP contribution < -0.4 is 4.74 Å². The number of halogens is 1. The highest BCUT2D eigenvalue weighted by atomic mass is 35.5. The van der Waals surface area contributed by atoms with Gasteiger partial charge in [-0.1, -0.05) is 17.7 Å². The van der Waals surface area contributed by atoms with Crippen molar-refractivity contribution in [1.82, 2.24) is 0 Å². The Morgan fingerprint density at radius 2 is 1.90 bits per heavy atom. The Labute approximate surface area is 120 Å². The molecule has 2 rings (SSSR count). The predicted molar refractivity (Wildman–Crippen MR) is 75.3 cm³/mol. The summed E-state index contributed by atoms with van der Waals surface area (Å²) in [7, 11) is 0. The molecule has 104 valence electrons. The van der Waals surface area contributed by atoms with E-state index < -0.39 is 11.0 Å². The molecular weight excluding hydrogens is 282 g/mol. The molecule has 0 aliphatic carbocycles. The van der Waals surface area contributed by atoms with Gasteiger partial charge in [-0.2, -0.15) is 0 Å². The van der Waals surface area contributed by atoms with Gasteiger partial charge in [0.2, 0.25) is 5.75 Å². The normalized spacial score (nSPS) is 11.9. The maximum atomic E-state index is 11.1. The first-order valence-corrected chi connectivity index (χ1v) is 6.25.